The van der Waals surface area contributed by atoms with Crippen LogP contribution in [0.1, 0.15) is 20.3 Å². The van der Waals surface area contributed by atoms with Gasteiger partial charge in [0.25, 0.3) is 0 Å². The molecule has 7 heteroatoms. The zero-order valence-corrected chi connectivity index (χ0v) is 10.7. The number of rotatable bonds is 4. The number of hydrogen-bond acceptors (Lipinski definition) is 6. The fourth-order valence-electron chi connectivity index (χ4n) is 1.20. The molecule has 0 heterocycles. The van der Waals surface area contributed by atoms with E-state index in [1.165, 1.54) is 12.0 Å². The average molecular weight is 251 g/mol. The summed E-state index contributed by atoms with van der Waals surface area (Å²) in [6.07, 6.45) is -1.18. The molecule has 0 aliphatic carbocycles. The molecule has 6 nitrogen and oxygen atoms in total. The lowest BCUT2D eigenvalue weighted by atomic mass is 10.1. The van der Waals surface area contributed by atoms with Crippen LogP contribution in [0.5, 0.6) is 0 Å². The third-order valence-corrected chi connectivity index (χ3v) is 2.32. The van der Waals surface area contributed by atoms with Gasteiger partial charge in [-0.05, 0) is 13.8 Å². The maximum atomic E-state index is 11.2. The summed E-state index contributed by atoms with van der Waals surface area (Å²) in [6, 6.07) is -0.116. The Labute approximate surface area is 100 Å². The highest BCUT2D eigenvalue weighted by atomic mass is 32.1. The normalized spacial score (nSPS) is 13.6. The molecule has 2 atom stereocenters. The lowest BCUT2D eigenvalue weighted by Crippen LogP contribution is -2.37. The number of amides is 1. The molecule has 94 valence electrons. The van der Waals surface area contributed by atoms with Crippen LogP contribution in [0.2, 0.25) is 0 Å². The highest BCUT2D eigenvalue weighted by Gasteiger charge is 2.20. The SMILES string of the molecule is COC(=O)N(C)C(C)CC(C)OC(=O)OS. The van der Waals surface area contributed by atoms with Crippen molar-refractivity contribution in [2.24, 2.45) is 0 Å². The summed E-state index contributed by atoms with van der Waals surface area (Å²) < 4.78 is 13.4. The molecule has 0 fully saturated rings. The standard InChI is InChI=1S/C9H17NO5S/c1-6(10(3)8(11)13-4)5-7(2)14-9(12)15-16/h6-7,16H,5H2,1-4H3. The van der Waals surface area contributed by atoms with E-state index in [1.54, 1.807) is 14.0 Å². The lowest BCUT2D eigenvalue weighted by molar-refractivity contribution is 0.0545. The molecule has 0 saturated carbocycles. The van der Waals surface area contributed by atoms with Gasteiger partial charge < -0.3 is 18.6 Å². The predicted molar refractivity (Wildman–Crippen MR) is 60.3 cm³/mol. The minimum absolute atomic E-state index is 0.116. The number of methoxy groups -OCH3 is 1. The van der Waals surface area contributed by atoms with Crippen molar-refractivity contribution in [2.75, 3.05) is 14.2 Å². The summed E-state index contributed by atoms with van der Waals surface area (Å²) in [5.41, 5.74) is 0. The third kappa shape index (κ3) is 5.11. The number of carbonyl (C=O) groups excluding carboxylic acids is 2. The summed E-state index contributed by atoms with van der Waals surface area (Å²) in [6.45, 7) is 3.52. The van der Waals surface area contributed by atoms with Crippen molar-refractivity contribution in [3.63, 3.8) is 0 Å². The van der Waals surface area contributed by atoms with Gasteiger partial charge in [-0.1, -0.05) is 0 Å². The Balaban J connectivity index is 4.07. The minimum Gasteiger partial charge on any atom is -0.453 e. The first-order chi connectivity index (χ1) is 7.42. The van der Waals surface area contributed by atoms with Crippen molar-refractivity contribution < 1.29 is 23.2 Å². The molecule has 0 spiro atoms. The van der Waals surface area contributed by atoms with Crippen LogP contribution in [0.4, 0.5) is 9.59 Å². The Bertz CT molecular complexity index is 248. The fourth-order valence-corrected chi connectivity index (χ4v) is 1.24. The maximum absolute atomic E-state index is 11.2. The summed E-state index contributed by atoms with van der Waals surface area (Å²) in [5.74, 6) is 0. The van der Waals surface area contributed by atoms with Crippen molar-refractivity contribution >= 4 is 25.2 Å². The van der Waals surface area contributed by atoms with E-state index in [-0.39, 0.29) is 12.1 Å². The van der Waals surface area contributed by atoms with Crippen molar-refractivity contribution in [1.82, 2.24) is 4.90 Å². The fraction of sp³-hybridized carbons (Fsp3) is 0.778. The molecular formula is C9H17NO5S. The van der Waals surface area contributed by atoms with Gasteiger partial charge in [-0.25, -0.2) is 9.59 Å². The Hall–Kier alpha value is -1.11. The van der Waals surface area contributed by atoms with Gasteiger partial charge in [0.05, 0.1) is 7.11 Å². The lowest BCUT2D eigenvalue weighted by Gasteiger charge is -2.25. The molecule has 0 saturated heterocycles. The molecule has 0 aliphatic rings. The van der Waals surface area contributed by atoms with E-state index < -0.39 is 12.2 Å². The monoisotopic (exact) mass is 251 g/mol. The largest absolute Gasteiger partial charge is 0.520 e. The first-order valence-electron chi connectivity index (χ1n) is 4.75. The van der Waals surface area contributed by atoms with Crippen LogP contribution in [0.25, 0.3) is 0 Å². The first kappa shape index (κ1) is 14.9. The molecule has 0 aliphatic heterocycles. The van der Waals surface area contributed by atoms with E-state index in [0.29, 0.717) is 6.42 Å². The Morgan fingerprint density at radius 2 is 1.94 bits per heavy atom. The Kier molecular flexibility index (Phi) is 6.71. The van der Waals surface area contributed by atoms with Gasteiger partial charge in [-0.3, -0.25) is 0 Å². The summed E-state index contributed by atoms with van der Waals surface area (Å²) >= 11 is 3.31. The van der Waals surface area contributed by atoms with Crippen LogP contribution < -0.4 is 0 Å². The van der Waals surface area contributed by atoms with Crippen molar-refractivity contribution in [3.8, 4) is 0 Å². The van der Waals surface area contributed by atoms with E-state index in [4.69, 9.17) is 4.74 Å². The highest BCUT2D eigenvalue weighted by molar-refractivity contribution is 7.75. The topological polar surface area (TPSA) is 65.1 Å². The molecule has 0 rings (SSSR count). The Morgan fingerprint density at radius 1 is 1.38 bits per heavy atom. The summed E-state index contributed by atoms with van der Waals surface area (Å²) in [7, 11) is 2.92. The van der Waals surface area contributed by atoms with Gasteiger partial charge in [0.2, 0.25) is 0 Å². The number of carbonyl (C=O) groups is 2. The van der Waals surface area contributed by atoms with Gasteiger partial charge in [0.15, 0.2) is 0 Å². The molecule has 0 N–H and O–H groups in total. The first-order valence-corrected chi connectivity index (χ1v) is 5.11. The van der Waals surface area contributed by atoms with Crippen molar-refractivity contribution in [3.05, 3.63) is 0 Å². The van der Waals surface area contributed by atoms with E-state index >= 15 is 0 Å². The molecule has 0 aromatic rings. The van der Waals surface area contributed by atoms with E-state index in [1.807, 2.05) is 6.92 Å². The second kappa shape index (κ2) is 7.21. The number of ether oxygens (including phenoxy) is 2. The highest BCUT2D eigenvalue weighted by Crippen LogP contribution is 2.09. The summed E-state index contributed by atoms with van der Waals surface area (Å²) in [5, 5.41) is 0. The smallest absolute Gasteiger partial charge is 0.453 e. The predicted octanol–water partition coefficient (Wildman–Crippen LogP) is 1.85. The third-order valence-electron chi connectivity index (χ3n) is 2.17. The van der Waals surface area contributed by atoms with Gasteiger partial charge in [0, 0.05) is 32.4 Å². The minimum atomic E-state index is -0.858. The van der Waals surface area contributed by atoms with Gasteiger partial charge in [0.1, 0.15) is 6.10 Å². The molecule has 1 amide bonds. The van der Waals surface area contributed by atoms with Crippen molar-refractivity contribution in [2.45, 2.75) is 32.4 Å². The average Bonchev–Trinajstić information content (AvgIpc) is 2.26. The van der Waals surface area contributed by atoms with Gasteiger partial charge in [-0.2, -0.15) is 0 Å². The van der Waals surface area contributed by atoms with Gasteiger partial charge in [-0.15, -0.1) is 0 Å². The van der Waals surface area contributed by atoms with Gasteiger partial charge >= 0.3 is 12.2 Å². The van der Waals surface area contributed by atoms with E-state index in [0.717, 1.165) is 0 Å². The van der Waals surface area contributed by atoms with E-state index in [9.17, 15) is 9.59 Å². The zero-order valence-electron chi connectivity index (χ0n) is 9.80. The number of thiol groups is 1. The van der Waals surface area contributed by atoms with Crippen LogP contribution in [-0.2, 0) is 13.7 Å². The van der Waals surface area contributed by atoms with Crippen LogP contribution in [-0.4, -0.2) is 43.5 Å². The molecule has 2 unspecified atom stereocenters. The Morgan fingerprint density at radius 3 is 2.38 bits per heavy atom. The molecular weight excluding hydrogens is 234 g/mol. The molecule has 0 bridgehead atoms. The second-order valence-electron chi connectivity index (χ2n) is 3.44. The number of nitrogens with zero attached hydrogens (tertiary/aromatic N) is 1. The quantitative estimate of drug-likeness (QED) is 0.469. The van der Waals surface area contributed by atoms with Crippen LogP contribution in [0, 0.1) is 0 Å². The maximum Gasteiger partial charge on any atom is 0.520 e. The molecule has 0 radical (unpaired) electrons. The second-order valence-corrected chi connectivity index (χ2v) is 3.62. The number of hydrogen-bond donors (Lipinski definition) is 1. The van der Waals surface area contributed by atoms with Crippen LogP contribution in [0.3, 0.4) is 0 Å². The zero-order chi connectivity index (χ0) is 12.7. The van der Waals surface area contributed by atoms with Crippen molar-refractivity contribution in [1.29, 1.82) is 0 Å². The van der Waals surface area contributed by atoms with Crippen LogP contribution in [0.15, 0.2) is 0 Å². The summed E-state index contributed by atoms with van der Waals surface area (Å²) in [4.78, 5) is 23.3. The van der Waals surface area contributed by atoms with E-state index in [2.05, 4.69) is 21.8 Å². The van der Waals surface area contributed by atoms with Crippen LogP contribution >= 0.6 is 12.9 Å². The molecule has 0 aromatic carbocycles. The molecule has 16 heavy (non-hydrogen) atoms. The molecule has 0 aromatic heterocycles.